The standard InChI is InChI=1S/C19H18Cl2F2N2O2/c1-5-25(18(26)27-19(2,3)4)13-7-11(22)17(23)14-9(13)6-12-15(14)16(21)10(20)8-24-12/h7-8H,5-6H2,1-4H3. The molecule has 0 unspecified atom stereocenters. The van der Waals surface area contributed by atoms with Gasteiger partial charge in [-0.1, -0.05) is 23.2 Å². The number of pyridine rings is 1. The molecule has 1 aliphatic rings. The van der Waals surface area contributed by atoms with Crippen molar-refractivity contribution >= 4 is 35.0 Å². The van der Waals surface area contributed by atoms with E-state index in [-0.39, 0.29) is 39.8 Å². The van der Waals surface area contributed by atoms with Crippen molar-refractivity contribution in [2.75, 3.05) is 11.4 Å². The first kappa shape index (κ1) is 19.8. The zero-order chi connectivity index (χ0) is 20.1. The number of fused-ring (bicyclic) bond motifs is 3. The van der Waals surface area contributed by atoms with Crippen molar-refractivity contribution in [2.24, 2.45) is 0 Å². The van der Waals surface area contributed by atoms with E-state index in [1.165, 1.54) is 11.1 Å². The lowest BCUT2D eigenvalue weighted by Gasteiger charge is -2.28. The van der Waals surface area contributed by atoms with E-state index >= 15 is 0 Å². The lowest BCUT2D eigenvalue weighted by molar-refractivity contribution is 0.0582. The molecule has 1 aromatic heterocycles. The van der Waals surface area contributed by atoms with Crippen LogP contribution in [0.5, 0.6) is 0 Å². The summed E-state index contributed by atoms with van der Waals surface area (Å²) in [5.74, 6) is -2.13. The van der Waals surface area contributed by atoms with Crippen LogP contribution in [-0.2, 0) is 11.2 Å². The maximum Gasteiger partial charge on any atom is 0.414 e. The number of hydrogen-bond acceptors (Lipinski definition) is 3. The second-order valence-electron chi connectivity index (χ2n) is 7.19. The van der Waals surface area contributed by atoms with E-state index in [4.69, 9.17) is 27.9 Å². The minimum Gasteiger partial charge on any atom is -0.443 e. The van der Waals surface area contributed by atoms with Gasteiger partial charge in [-0.3, -0.25) is 9.88 Å². The van der Waals surface area contributed by atoms with Crippen molar-refractivity contribution in [2.45, 2.75) is 39.7 Å². The molecule has 27 heavy (non-hydrogen) atoms. The van der Waals surface area contributed by atoms with Crippen LogP contribution in [-0.4, -0.2) is 23.2 Å². The van der Waals surface area contributed by atoms with Gasteiger partial charge < -0.3 is 4.74 Å². The number of carbonyl (C=O) groups is 1. The Bertz CT molecular complexity index is 943. The summed E-state index contributed by atoms with van der Waals surface area (Å²) in [5, 5.41) is 0.254. The second-order valence-corrected chi connectivity index (χ2v) is 7.97. The summed E-state index contributed by atoms with van der Waals surface area (Å²) in [6.45, 7) is 7.13. The van der Waals surface area contributed by atoms with E-state index in [0.29, 0.717) is 11.3 Å². The van der Waals surface area contributed by atoms with Gasteiger partial charge in [-0.25, -0.2) is 13.6 Å². The highest BCUT2D eigenvalue weighted by molar-refractivity contribution is 6.43. The smallest absolute Gasteiger partial charge is 0.414 e. The second kappa shape index (κ2) is 6.91. The zero-order valence-corrected chi connectivity index (χ0v) is 16.8. The highest BCUT2D eigenvalue weighted by Gasteiger charge is 2.34. The fourth-order valence-electron chi connectivity index (χ4n) is 3.10. The number of amides is 1. The van der Waals surface area contributed by atoms with Gasteiger partial charge in [0.1, 0.15) is 5.60 Å². The lowest BCUT2D eigenvalue weighted by Crippen LogP contribution is -2.37. The number of rotatable bonds is 2. The van der Waals surface area contributed by atoms with Crippen LogP contribution in [0, 0.1) is 11.6 Å². The number of nitrogens with zero attached hydrogens (tertiary/aromatic N) is 2. The zero-order valence-electron chi connectivity index (χ0n) is 15.3. The van der Waals surface area contributed by atoms with Crippen LogP contribution in [0.1, 0.15) is 39.0 Å². The fourth-order valence-corrected chi connectivity index (χ4v) is 3.50. The van der Waals surface area contributed by atoms with E-state index in [1.807, 2.05) is 0 Å². The first-order chi connectivity index (χ1) is 12.5. The van der Waals surface area contributed by atoms with Gasteiger partial charge in [0.05, 0.1) is 21.4 Å². The molecule has 144 valence electrons. The van der Waals surface area contributed by atoms with E-state index in [1.54, 1.807) is 27.7 Å². The molecule has 0 aliphatic heterocycles. The van der Waals surface area contributed by atoms with Crippen LogP contribution < -0.4 is 4.90 Å². The van der Waals surface area contributed by atoms with Gasteiger partial charge in [-0.2, -0.15) is 0 Å². The number of carbonyl (C=O) groups excluding carboxylic acids is 1. The van der Waals surface area contributed by atoms with Crippen LogP contribution in [0.2, 0.25) is 10.0 Å². The summed E-state index contributed by atoms with van der Waals surface area (Å²) in [5.41, 5.74) is 0.650. The molecule has 0 fully saturated rings. The monoisotopic (exact) mass is 414 g/mol. The number of hydrogen-bond donors (Lipinski definition) is 0. The molecule has 0 bridgehead atoms. The minimum atomic E-state index is -1.09. The molecule has 1 aliphatic carbocycles. The Morgan fingerprint density at radius 2 is 1.96 bits per heavy atom. The predicted molar refractivity (Wildman–Crippen MR) is 102 cm³/mol. The Hall–Kier alpha value is -1.92. The van der Waals surface area contributed by atoms with Crippen molar-refractivity contribution in [1.82, 2.24) is 4.98 Å². The first-order valence-corrected chi connectivity index (χ1v) is 9.15. The van der Waals surface area contributed by atoms with Gasteiger partial charge >= 0.3 is 6.09 Å². The largest absolute Gasteiger partial charge is 0.443 e. The molecule has 8 heteroatoms. The molecular formula is C19H18Cl2F2N2O2. The summed E-state index contributed by atoms with van der Waals surface area (Å²) in [4.78, 5) is 18.1. The van der Waals surface area contributed by atoms with Gasteiger partial charge in [-0.15, -0.1) is 0 Å². The van der Waals surface area contributed by atoms with Crippen molar-refractivity contribution in [3.63, 3.8) is 0 Å². The van der Waals surface area contributed by atoms with Crippen LogP contribution in [0.15, 0.2) is 12.3 Å². The third kappa shape index (κ3) is 3.48. The normalized spacial score (nSPS) is 12.6. The number of halogens is 4. The van der Waals surface area contributed by atoms with Gasteiger partial charge in [0.15, 0.2) is 11.6 Å². The van der Waals surface area contributed by atoms with Crippen LogP contribution in [0.25, 0.3) is 11.1 Å². The van der Waals surface area contributed by atoms with E-state index in [0.717, 1.165) is 6.07 Å². The molecule has 2 aromatic rings. The lowest BCUT2D eigenvalue weighted by atomic mass is 10.0. The van der Waals surface area contributed by atoms with Crippen LogP contribution in [0.3, 0.4) is 0 Å². The quantitative estimate of drug-likeness (QED) is 0.516. The highest BCUT2D eigenvalue weighted by Crippen LogP contribution is 2.48. The summed E-state index contributed by atoms with van der Waals surface area (Å²) in [6, 6.07) is 1.00. The van der Waals surface area contributed by atoms with E-state index < -0.39 is 23.3 Å². The average Bonchev–Trinajstić information content (AvgIpc) is 2.95. The van der Waals surface area contributed by atoms with E-state index in [9.17, 15) is 13.6 Å². The summed E-state index contributed by atoms with van der Waals surface area (Å²) in [6.07, 6.45) is 0.924. The number of anilines is 1. The number of aromatic nitrogens is 1. The third-order valence-corrected chi connectivity index (χ3v) is 4.95. The molecule has 3 rings (SSSR count). The van der Waals surface area contributed by atoms with Gasteiger partial charge in [0, 0.05) is 36.4 Å². The Labute approximate surface area is 166 Å². The predicted octanol–water partition coefficient (Wildman–Crippen LogP) is 6.00. The van der Waals surface area contributed by atoms with Crippen molar-refractivity contribution in [3.05, 3.63) is 45.2 Å². The maximum absolute atomic E-state index is 14.7. The molecule has 1 aromatic carbocycles. The first-order valence-electron chi connectivity index (χ1n) is 8.39. The van der Waals surface area contributed by atoms with Gasteiger partial charge in [0.25, 0.3) is 0 Å². The molecule has 0 radical (unpaired) electrons. The minimum absolute atomic E-state index is 0.0120. The van der Waals surface area contributed by atoms with Crippen molar-refractivity contribution in [3.8, 4) is 11.1 Å². The molecule has 4 nitrogen and oxygen atoms in total. The van der Waals surface area contributed by atoms with Gasteiger partial charge in [0.2, 0.25) is 0 Å². The molecule has 0 saturated carbocycles. The summed E-state index contributed by atoms with van der Waals surface area (Å²) >= 11 is 12.2. The highest BCUT2D eigenvalue weighted by atomic mass is 35.5. The summed E-state index contributed by atoms with van der Waals surface area (Å²) < 4.78 is 34.5. The van der Waals surface area contributed by atoms with E-state index in [2.05, 4.69) is 4.98 Å². The van der Waals surface area contributed by atoms with Crippen molar-refractivity contribution in [1.29, 1.82) is 0 Å². The molecule has 0 saturated heterocycles. The topological polar surface area (TPSA) is 42.4 Å². The molecule has 0 N–H and O–H groups in total. The Morgan fingerprint density at radius 1 is 1.30 bits per heavy atom. The Morgan fingerprint density at radius 3 is 2.56 bits per heavy atom. The molecule has 1 heterocycles. The van der Waals surface area contributed by atoms with Crippen LogP contribution >= 0.6 is 23.2 Å². The Balaban J connectivity index is 2.19. The van der Waals surface area contributed by atoms with Crippen molar-refractivity contribution < 1.29 is 18.3 Å². The van der Waals surface area contributed by atoms with Crippen LogP contribution in [0.4, 0.5) is 19.3 Å². The maximum atomic E-state index is 14.7. The SMILES string of the molecule is CCN(C(=O)OC(C)(C)C)c1cc(F)c(F)c2c1Cc1ncc(Cl)c(Cl)c1-2. The summed E-state index contributed by atoms with van der Waals surface area (Å²) in [7, 11) is 0. The molecular weight excluding hydrogens is 397 g/mol. The fraction of sp³-hybridized carbons (Fsp3) is 0.368. The molecule has 0 atom stereocenters. The third-order valence-electron chi connectivity index (χ3n) is 4.17. The Kier molecular flexibility index (Phi) is 5.08. The van der Waals surface area contributed by atoms with Gasteiger partial charge in [-0.05, 0) is 33.3 Å². The molecule has 1 amide bonds. The molecule has 0 spiro atoms. The average molecular weight is 415 g/mol. The number of ether oxygens (including phenoxy) is 1. The number of benzene rings is 1.